The minimum atomic E-state index is 0.177. The average molecular weight is 218 g/mol. The Morgan fingerprint density at radius 1 is 0.938 bits per heavy atom. The number of rotatable bonds is 0. The molecule has 1 aromatic carbocycles. The van der Waals surface area contributed by atoms with E-state index in [-0.39, 0.29) is 5.41 Å². The first-order chi connectivity index (χ1) is 7.57. The van der Waals surface area contributed by atoms with E-state index in [0.717, 1.165) is 37.6 Å². The zero-order valence-electron chi connectivity index (χ0n) is 10.2. The summed E-state index contributed by atoms with van der Waals surface area (Å²) in [7, 11) is 0. The second kappa shape index (κ2) is 3.16. The highest BCUT2D eigenvalue weighted by Gasteiger charge is 2.31. The van der Waals surface area contributed by atoms with Crippen molar-refractivity contribution in [3.63, 3.8) is 0 Å². The van der Waals surface area contributed by atoms with Crippen LogP contribution < -0.4 is 9.47 Å². The fraction of sp³-hybridized carbons (Fsp3) is 0.571. The molecule has 0 fully saturated rings. The van der Waals surface area contributed by atoms with Gasteiger partial charge in [0.15, 0.2) is 0 Å². The molecule has 2 nitrogen and oxygen atoms in total. The van der Waals surface area contributed by atoms with E-state index in [4.69, 9.17) is 9.47 Å². The standard InChI is InChI=1S/C14H18O2/c1-14(2,3)13-9-4-6-15-11(9)8-12-10(13)5-7-16-12/h8H,4-7H2,1-3H3. The lowest BCUT2D eigenvalue weighted by atomic mass is 9.79. The normalized spacial score (nSPS) is 17.7. The van der Waals surface area contributed by atoms with Gasteiger partial charge < -0.3 is 9.47 Å². The maximum absolute atomic E-state index is 5.68. The third kappa shape index (κ3) is 1.32. The second-order valence-corrected chi connectivity index (χ2v) is 5.65. The lowest BCUT2D eigenvalue weighted by molar-refractivity contribution is 0.342. The zero-order valence-corrected chi connectivity index (χ0v) is 10.2. The summed E-state index contributed by atoms with van der Waals surface area (Å²) in [6, 6.07) is 2.08. The molecule has 0 aromatic heterocycles. The topological polar surface area (TPSA) is 18.5 Å². The summed E-state index contributed by atoms with van der Waals surface area (Å²) in [5, 5.41) is 0. The van der Waals surface area contributed by atoms with E-state index >= 15 is 0 Å². The lowest BCUT2D eigenvalue weighted by Gasteiger charge is -2.25. The van der Waals surface area contributed by atoms with Crippen molar-refractivity contribution < 1.29 is 9.47 Å². The minimum Gasteiger partial charge on any atom is -0.493 e. The predicted molar refractivity (Wildman–Crippen MR) is 63.5 cm³/mol. The molecule has 16 heavy (non-hydrogen) atoms. The summed E-state index contributed by atoms with van der Waals surface area (Å²) in [5.41, 5.74) is 4.47. The summed E-state index contributed by atoms with van der Waals surface area (Å²) in [6.45, 7) is 8.47. The van der Waals surface area contributed by atoms with E-state index in [1.807, 2.05) is 0 Å². The van der Waals surface area contributed by atoms with Crippen LogP contribution in [0.4, 0.5) is 0 Å². The number of hydrogen-bond acceptors (Lipinski definition) is 2. The molecule has 1 aromatic rings. The predicted octanol–water partition coefficient (Wildman–Crippen LogP) is 2.85. The molecule has 0 radical (unpaired) electrons. The van der Waals surface area contributed by atoms with Crippen LogP contribution >= 0.6 is 0 Å². The summed E-state index contributed by atoms with van der Waals surface area (Å²) < 4.78 is 11.4. The first-order valence-corrected chi connectivity index (χ1v) is 6.02. The molecule has 2 heteroatoms. The van der Waals surface area contributed by atoms with Crippen molar-refractivity contribution in [1.29, 1.82) is 0 Å². The Morgan fingerprint density at radius 3 is 1.88 bits per heavy atom. The molecular weight excluding hydrogens is 200 g/mol. The average Bonchev–Trinajstić information content (AvgIpc) is 2.77. The highest BCUT2D eigenvalue weighted by molar-refractivity contribution is 5.58. The monoisotopic (exact) mass is 218 g/mol. The number of benzene rings is 1. The molecule has 0 aliphatic carbocycles. The highest BCUT2D eigenvalue weighted by Crippen LogP contribution is 2.44. The fourth-order valence-corrected chi connectivity index (χ4v) is 2.91. The largest absolute Gasteiger partial charge is 0.493 e. The van der Waals surface area contributed by atoms with E-state index < -0.39 is 0 Å². The van der Waals surface area contributed by atoms with Crippen LogP contribution in [0.25, 0.3) is 0 Å². The van der Waals surface area contributed by atoms with Gasteiger partial charge in [-0.3, -0.25) is 0 Å². The van der Waals surface area contributed by atoms with Gasteiger partial charge in [0.2, 0.25) is 0 Å². The van der Waals surface area contributed by atoms with Gasteiger partial charge in [-0.2, -0.15) is 0 Å². The second-order valence-electron chi connectivity index (χ2n) is 5.65. The molecule has 2 aliphatic heterocycles. The Morgan fingerprint density at radius 2 is 1.44 bits per heavy atom. The van der Waals surface area contributed by atoms with Crippen LogP contribution in [0, 0.1) is 0 Å². The number of fused-ring (bicyclic) bond motifs is 2. The smallest absolute Gasteiger partial charge is 0.126 e. The fourth-order valence-electron chi connectivity index (χ4n) is 2.91. The molecule has 0 saturated carbocycles. The third-order valence-electron chi connectivity index (χ3n) is 3.43. The van der Waals surface area contributed by atoms with E-state index in [1.165, 1.54) is 16.7 Å². The molecule has 2 aliphatic rings. The van der Waals surface area contributed by atoms with Crippen LogP contribution in [-0.2, 0) is 18.3 Å². The van der Waals surface area contributed by atoms with Gasteiger partial charge in [0.05, 0.1) is 13.2 Å². The summed E-state index contributed by atoms with van der Waals surface area (Å²) in [5.74, 6) is 2.09. The van der Waals surface area contributed by atoms with Crippen molar-refractivity contribution in [3.05, 3.63) is 22.8 Å². The van der Waals surface area contributed by atoms with Crippen LogP contribution in [-0.4, -0.2) is 13.2 Å². The van der Waals surface area contributed by atoms with Crippen molar-refractivity contribution >= 4 is 0 Å². The quantitative estimate of drug-likeness (QED) is 0.666. The van der Waals surface area contributed by atoms with Crippen LogP contribution in [0.15, 0.2) is 6.07 Å². The van der Waals surface area contributed by atoms with Gasteiger partial charge in [-0.05, 0) is 11.0 Å². The molecule has 0 unspecified atom stereocenters. The van der Waals surface area contributed by atoms with Crippen molar-refractivity contribution in [2.75, 3.05) is 13.2 Å². The van der Waals surface area contributed by atoms with Gasteiger partial charge in [0.25, 0.3) is 0 Å². The Labute approximate surface area is 96.6 Å². The molecule has 2 heterocycles. The van der Waals surface area contributed by atoms with Gasteiger partial charge in [-0.1, -0.05) is 20.8 Å². The molecule has 0 N–H and O–H groups in total. The SMILES string of the molecule is CC(C)(C)c1c2c(cc3c1CCO3)OCC2. The van der Waals surface area contributed by atoms with E-state index in [2.05, 4.69) is 26.8 Å². The van der Waals surface area contributed by atoms with Crippen molar-refractivity contribution in [2.24, 2.45) is 0 Å². The molecule has 0 amide bonds. The third-order valence-corrected chi connectivity index (χ3v) is 3.43. The molecule has 86 valence electrons. The molecular formula is C14H18O2. The summed E-state index contributed by atoms with van der Waals surface area (Å²) in [4.78, 5) is 0. The maximum Gasteiger partial charge on any atom is 0.126 e. The van der Waals surface area contributed by atoms with Gasteiger partial charge in [0, 0.05) is 30.0 Å². The number of ether oxygens (including phenoxy) is 2. The van der Waals surface area contributed by atoms with Crippen LogP contribution in [0.3, 0.4) is 0 Å². The molecule has 0 bridgehead atoms. The Balaban J connectivity index is 2.28. The van der Waals surface area contributed by atoms with E-state index in [0.29, 0.717) is 0 Å². The van der Waals surface area contributed by atoms with Crippen molar-refractivity contribution in [2.45, 2.75) is 39.0 Å². The van der Waals surface area contributed by atoms with E-state index in [9.17, 15) is 0 Å². The Kier molecular flexibility index (Phi) is 1.97. The maximum atomic E-state index is 5.68. The summed E-state index contributed by atoms with van der Waals surface area (Å²) in [6.07, 6.45) is 2.10. The van der Waals surface area contributed by atoms with Crippen molar-refractivity contribution in [3.8, 4) is 11.5 Å². The van der Waals surface area contributed by atoms with Gasteiger partial charge >= 0.3 is 0 Å². The summed E-state index contributed by atoms with van der Waals surface area (Å²) >= 11 is 0. The molecule has 0 atom stereocenters. The number of hydrogen-bond donors (Lipinski definition) is 0. The first-order valence-electron chi connectivity index (χ1n) is 6.02. The van der Waals surface area contributed by atoms with Gasteiger partial charge in [-0.15, -0.1) is 0 Å². The zero-order chi connectivity index (χ0) is 11.3. The van der Waals surface area contributed by atoms with Gasteiger partial charge in [-0.25, -0.2) is 0 Å². The minimum absolute atomic E-state index is 0.177. The van der Waals surface area contributed by atoms with Crippen LogP contribution in [0.1, 0.15) is 37.5 Å². The van der Waals surface area contributed by atoms with Crippen LogP contribution in [0.2, 0.25) is 0 Å². The molecule has 3 rings (SSSR count). The van der Waals surface area contributed by atoms with Gasteiger partial charge in [0.1, 0.15) is 11.5 Å². The highest BCUT2D eigenvalue weighted by atomic mass is 16.5. The molecule has 0 spiro atoms. The van der Waals surface area contributed by atoms with Crippen molar-refractivity contribution in [1.82, 2.24) is 0 Å². The lowest BCUT2D eigenvalue weighted by Crippen LogP contribution is -2.16. The van der Waals surface area contributed by atoms with E-state index in [1.54, 1.807) is 0 Å². The Bertz CT molecular complexity index is 409. The van der Waals surface area contributed by atoms with Crippen LogP contribution in [0.5, 0.6) is 11.5 Å². The Hall–Kier alpha value is -1.18. The molecule has 0 saturated heterocycles. The first kappa shape index (κ1) is 10.0.